The zero-order valence-corrected chi connectivity index (χ0v) is 5.20. The molecule has 0 aromatic carbocycles. The minimum atomic E-state index is 1.03. The van der Waals surface area contributed by atoms with E-state index in [-0.39, 0.29) is 0 Å². The molecule has 0 unspecified atom stereocenters. The molecule has 0 bridgehead atoms. The normalized spacial score (nSPS) is 20.9. The van der Waals surface area contributed by atoms with Crippen molar-refractivity contribution in [3.8, 4) is 0 Å². The fourth-order valence-electron chi connectivity index (χ4n) is 0.744. The van der Waals surface area contributed by atoms with Gasteiger partial charge in [0.05, 0.1) is 0 Å². The molecule has 1 rings (SSSR count). The standard InChI is InChI=1S/C6H12N2/c1-6-4-7-2-3-8-5-6/h4,7-8H,2-3,5H2,1H3. The third kappa shape index (κ3) is 1.54. The minimum Gasteiger partial charge on any atom is -0.390 e. The maximum atomic E-state index is 3.27. The predicted octanol–water partition coefficient (Wildman–Crippen LogP) is 0.0830. The topological polar surface area (TPSA) is 24.1 Å². The van der Waals surface area contributed by atoms with Gasteiger partial charge in [-0.05, 0) is 18.7 Å². The molecule has 0 fully saturated rings. The molecule has 0 aromatic rings. The average Bonchev–Trinajstić information content (AvgIpc) is 1.94. The fraction of sp³-hybridized carbons (Fsp3) is 0.667. The van der Waals surface area contributed by atoms with Crippen molar-refractivity contribution in [2.45, 2.75) is 6.92 Å². The summed E-state index contributed by atoms with van der Waals surface area (Å²) in [6.45, 7) is 5.28. The largest absolute Gasteiger partial charge is 0.390 e. The second kappa shape index (κ2) is 2.72. The van der Waals surface area contributed by atoms with Crippen molar-refractivity contribution in [2.75, 3.05) is 19.6 Å². The van der Waals surface area contributed by atoms with E-state index in [0.29, 0.717) is 0 Å². The Bertz CT molecular complexity index is 96.7. The Balaban J connectivity index is 2.36. The number of hydrogen-bond acceptors (Lipinski definition) is 2. The van der Waals surface area contributed by atoms with Gasteiger partial charge in [0.25, 0.3) is 0 Å². The number of hydrogen-bond donors (Lipinski definition) is 2. The highest BCUT2D eigenvalue weighted by molar-refractivity contribution is 5.00. The maximum absolute atomic E-state index is 3.27. The summed E-state index contributed by atoms with van der Waals surface area (Å²) in [5, 5.41) is 6.44. The van der Waals surface area contributed by atoms with E-state index in [1.807, 2.05) is 0 Å². The lowest BCUT2D eigenvalue weighted by molar-refractivity contribution is 0.726. The van der Waals surface area contributed by atoms with E-state index in [9.17, 15) is 0 Å². The molecule has 0 atom stereocenters. The highest BCUT2D eigenvalue weighted by Gasteiger charge is 1.92. The van der Waals surface area contributed by atoms with Crippen molar-refractivity contribution >= 4 is 0 Å². The Hall–Kier alpha value is -0.500. The number of rotatable bonds is 0. The first-order valence-electron chi connectivity index (χ1n) is 2.99. The third-order valence-corrected chi connectivity index (χ3v) is 1.20. The first-order valence-corrected chi connectivity index (χ1v) is 2.99. The molecule has 2 nitrogen and oxygen atoms in total. The van der Waals surface area contributed by atoms with Gasteiger partial charge in [-0.15, -0.1) is 0 Å². The van der Waals surface area contributed by atoms with Crippen LogP contribution in [0.4, 0.5) is 0 Å². The van der Waals surface area contributed by atoms with Crippen LogP contribution in [-0.2, 0) is 0 Å². The smallest absolute Gasteiger partial charge is 0.0266 e. The summed E-state index contributed by atoms with van der Waals surface area (Å²) in [6.07, 6.45) is 2.07. The maximum Gasteiger partial charge on any atom is 0.0266 e. The summed E-state index contributed by atoms with van der Waals surface area (Å²) in [6, 6.07) is 0. The lowest BCUT2D eigenvalue weighted by atomic mass is 10.3. The molecule has 1 aliphatic heterocycles. The van der Waals surface area contributed by atoms with Crippen LogP contribution in [0.25, 0.3) is 0 Å². The monoisotopic (exact) mass is 112 g/mol. The molecule has 0 saturated heterocycles. The van der Waals surface area contributed by atoms with Gasteiger partial charge in [0, 0.05) is 19.6 Å². The summed E-state index contributed by atoms with van der Waals surface area (Å²) in [7, 11) is 0. The summed E-state index contributed by atoms with van der Waals surface area (Å²) < 4.78 is 0. The Morgan fingerprint density at radius 1 is 1.50 bits per heavy atom. The van der Waals surface area contributed by atoms with Crippen molar-refractivity contribution in [3.63, 3.8) is 0 Å². The van der Waals surface area contributed by atoms with E-state index < -0.39 is 0 Å². The molecule has 0 aromatic heterocycles. The van der Waals surface area contributed by atoms with E-state index in [1.165, 1.54) is 5.57 Å². The van der Waals surface area contributed by atoms with Crippen LogP contribution < -0.4 is 10.6 Å². The van der Waals surface area contributed by atoms with Crippen molar-refractivity contribution < 1.29 is 0 Å². The van der Waals surface area contributed by atoms with Gasteiger partial charge in [0.15, 0.2) is 0 Å². The lowest BCUT2D eigenvalue weighted by Gasteiger charge is -1.95. The van der Waals surface area contributed by atoms with Crippen molar-refractivity contribution in [1.29, 1.82) is 0 Å². The van der Waals surface area contributed by atoms with E-state index >= 15 is 0 Å². The van der Waals surface area contributed by atoms with E-state index in [4.69, 9.17) is 0 Å². The van der Waals surface area contributed by atoms with Crippen molar-refractivity contribution in [2.24, 2.45) is 0 Å². The zero-order valence-electron chi connectivity index (χ0n) is 5.20. The van der Waals surface area contributed by atoms with Crippen molar-refractivity contribution in [1.82, 2.24) is 10.6 Å². The first kappa shape index (κ1) is 5.63. The van der Waals surface area contributed by atoms with Gasteiger partial charge >= 0.3 is 0 Å². The lowest BCUT2D eigenvalue weighted by Crippen LogP contribution is -2.21. The Morgan fingerprint density at radius 3 is 3.25 bits per heavy atom. The molecule has 1 heterocycles. The second-order valence-electron chi connectivity index (χ2n) is 2.12. The minimum absolute atomic E-state index is 1.03. The molecule has 0 radical (unpaired) electrons. The van der Waals surface area contributed by atoms with Gasteiger partial charge in [-0.1, -0.05) is 0 Å². The van der Waals surface area contributed by atoms with Crippen LogP contribution in [0.1, 0.15) is 6.92 Å². The fourth-order valence-corrected chi connectivity index (χ4v) is 0.744. The molecular weight excluding hydrogens is 100 g/mol. The van der Waals surface area contributed by atoms with Crippen LogP contribution >= 0.6 is 0 Å². The Morgan fingerprint density at radius 2 is 2.38 bits per heavy atom. The first-order chi connectivity index (χ1) is 3.89. The highest BCUT2D eigenvalue weighted by Crippen LogP contribution is 1.87. The molecule has 46 valence electrons. The molecule has 0 aliphatic carbocycles. The van der Waals surface area contributed by atoms with Gasteiger partial charge in [0.1, 0.15) is 0 Å². The molecule has 0 saturated carbocycles. The molecule has 2 N–H and O–H groups in total. The van der Waals surface area contributed by atoms with Gasteiger partial charge in [-0.25, -0.2) is 0 Å². The average molecular weight is 112 g/mol. The molecule has 8 heavy (non-hydrogen) atoms. The van der Waals surface area contributed by atoms with Crippen LogP contribution in [-0.4, -0.2) is 19.6 Å². The molecular formula is C6H12N2. The van der Waals surface area contributed by atoms with E-state index in [1.54, 1.807) is 0 Å². The Kier molecular flexibility index (Phi) is 1.92. The van der Waals surface area contributed by atoms with Gasteiger partial charge in [-0.2, -0.15) is 0 Å². The molecule has 1 aliphatic rings. The quantitative estimate of drug-likeness (QED) is 0.464. The summed E-state index contributed by atoms with van der Waals surface area (Å²) in [4.78, 5) is 0. The van der Waals surface area contributed by atoms with Crippen LogP contribution in [0.2, 0.25) is 0 Å². The van der Waals surface area contributed by atoms with Crippen molar-refractivity contribution in [3.05, 3.63) is 11.8 Å². The number of nitrogens with one attached hydrogen (secondary N) is 2. The SMILES string of the molecule is CC1=CNCCNC1. The van der Waals surface area contributed by atoms with E-state index in [2.05, 4.69) is 23.8 Å². The molecule has 0 amide bonds. The van der Waals surface area contributed by atoms with E-state index in [0.717, 1.165) is 19.6 Å². The van der Waals surface area contributed by atoms with Crippen LogP contribution in [0, 0.1) is 0 Å². The summed E-state index contributed by atoms with van der Waals surface area (Å²) >= 11 is 0. The van der Waals surface area contributed by atoms with Gasteiger partial charge in [-0.3, -0.25) is 0 Å². The Labute approximate surface area is 50.0 Å². The van der Waals surface area contributed by atoms with Gasteiger partial charge < -0.3 is 10.6 Å². The third-order valence-electron chi connectivity index (χ3n) is 1.20. The highest BCUT2D eigenvalue weighted by atomic mass is 14.9. The summed E-state index contributed by atoms with van der Waals surface area (Å²) in [5.41, 5.74) is 1.38. The van der Waals surface area contributed by atoms with Crippen LogP contribution in [0.5, 0.6) is 0 Å². The zero-order chi connectivity index (χ0) is 5.82. The van der Waals surface area contributed by atoms with Crippen LogP contribution in [0.3, 0.4) is 0 Å². The van der Waals surface area contributed by atoms with Crippen LogP contribution in [0.15, 0.2) is 11.8 Å². The van der Waals surface area contributed by atoms with Gasteiger partial charge in [0.2, 0.25) is 0 Å². The summed E-state index contributed by atoms with van der Waals surface area (Å²) in [5.74, 6) is 0. The molecule has 2 heteroatoms. The predicted molar refractivity (Wildman–Crippen MR) is 34.6 cm³/mol. The molecule has 0 spiro atoms. The second-order valence-corrected chi connectivity index (χ2v) is 2.12.